The van der Waals surface area contributed by atoms with Gasteiger partial charge in [-0.1, -0.05) is 336 Å². The maximum atomic E-state index is 13.1. The zero-order valence-corrected chi connectivity index (χ0v) is 61.3. The van der Waals surface area contributed by atoms with Gasteiger partial charge in [0.15, 0.2) is 12.2 Å². The van der Waals surface area contributed by atoms with Gasteiger partial charge in [0.05, 0.1) is 26.4 Å². The Labute approximate surface area is 562 Å². The lowest BCUT2D eigenvalue weighted by atomic mass is 10.0. The second-order valence-corrected chi connectivity index (χ2v) is 29.2. The first-order valence-electron chi connectivity index (χ1n) is 38.3. The summed E-state index contributed by atoms with van der Waals surface area (Å²) in [7, 11) is -9.90. The highest BCUT2D eigenvalue weighted by Gasteiger charge is 2.30. The first kappa shape index (κ1) is 90.1. The van der Waals surface area contributed by atoms with Gasteiger partial charge >= 0.3 is 39.5 Å². The van der Waals surface area contributed by atoms with Crippen LogP contribution in [-0.2, 0) is 65.4 Å². The predicted molar refractivity (Wildman–Crippen MR) is 372 cm³/mol. The van der Waals surface area contributed by atoms with Crippen molar-refractivity contribution >= 4 is 39.5 Å². The monoisotopic (exact) mass is 1350 g/mol. The number of carbonyl (C=O) groups excluding carboxylic acids is 4. The number of ether oxygens (including phenoxy) is 4. The number of phosphoric ester groups is 2. The molecule has 0 rings (SSSR count). The Balaban J connectivity index is 5.25. The van der Waals surface area contributed by atoms with E-state index in [9.17, 15) is 43.2 Å². The Bertz CT molecular complexity index is 1760. The normalized spacial score (nSPS) is 13.9. The van der Waals surface area contributed by atoms with Crippen LogP contribution < -0.4 is 0 Å². The molecule has 3 N–H and O–H groups in total. The number of hydrogen-bond acceptors (Lipinski definition) is 15. The van der Waals surface area contributed by atoms with Gasteiger partial charge in [0.2, 0.25) is 0 Å². The Morgan fingerprint density at radius 3 is 0.641 bits per heavy atom. The van der Waals surface area contributed by atoms with Crippen LogP contribution in [0.1, 0.15) is 387 Å². The first-order chi connectivity index (χ1) is 44.7. The van der Waals surface area contributed by atoms with E-state index in [1.165, 1.54) is 218 Å². The van der Waals surface area contributed by atoms with E-state index in [0.717, 1.165) is 89.9 Å². The van der Waals surface area contributed by atoms with Crippen LogP contribution in [0, 0.1) is 0 Å². The number of phosphoric acid groups is 2. The summed E-state index contributed by atoms with van der Waals surface area (Å²) >= 11 is 0. The molecule has 92 heavy (non-hydrogen) atoms. The third-order valence-electron chi connectivity index (χ3n) is 17.1. The molecule has 0 saturated heterocycles. The molecule has 0 fully saturated rings. The van der Waals surface area contributed by atoms with Gasteiger partial charge in [0, 0.05) is 25.7 Å². The molecule has 5 atom stereocenters. The Morgan fingerprint density at radius 2 is 0.435 bits per heavy atom. The van der Waals surface area contributed by atoms with Crippen molar-refractivity contribution < 1.29 is 80.2 Å². The highest BCUT2D eigenvalue weighted by atomic mass is 31.2. The fourth-order valence-corrected chi connectivity index (χ4v) is 12.8. The molecule has 0 aliphatic carbocycles. The SMILES string of the molecule is CCCCCCCCCCCCCCCCCC(=O)O[C@H](COC(=O)CCCCCCCCCCCCCCC)COP(=O)(O)OC[C@@H](O)COP(=O)(O)OC[C@@H](COC(=O)CCCCCCCCCCCCC)OC(=O)CCCCCCCCCCCCCCC. The fourth-order valence-electron chi connectivity index (χ4n) is 11.2. The van der Waals surface area contributed by atoms with Crippen LogP contribution in [-0.4, -0.2) is 96.7 Å². The molecular formula is C73H142O17P2. The Hall–Kier alpha value is -1.94. The van der Waals surface area contributed by atoms with Crippen LogP contribution in [0.5, 0.6) is 0 Å². The summed E-state index contributed by atoms with van der Waals surface area (Å²) in [5.74, 6) is -2.11. The van der Waals surface area contributed by atoms with E-state index in [1.54, 1.807) is 0 Å². The van der Waals surface area contributed by atoms with Gasteiger partial charge in [-0.05, 0) is 25.7 Å². The molecule has 0 saturated carbocycles. The van der Waals surface area contributed by atoms with Crippen LogP contribution in [0.15, 0.2) is 0 Å². The zero-order valence-electron chi connectivity index (χ0n) is 59.5. The van der Waals surface area contributed by atoms with Crippen molar-refractivity contribution in [2.45, 2.75) is 406 Å². The minimum absolute atomic E-state index is 0.108. The van der Waals surface area contributed by atoms with Crippen molar-refractivity contribution in [1.29, 1.82) is 0 Å². The molecule has 0 aromatic heterocycles. The summed E-state index contributed by atoms with van der Waals surface area (Å²) in [4.78, 5) is 72.7. The second kappa shape index (κ2) is 67.6. The molecule has 0 heterocycles. The van der Waals surface area contributed by atoms with Crippen LogP contribution >= 0.6 is 15.6 Å². The number of rotatable bonds is 74. The van der Waals surface area contributed by atoms with Crippen LogP contribution in [0.25, 0.3) is 0 Å². The third-order valence-corrected chi connectivity index (χ3v) is 19.0. The molecule has 546 valence electrons. The number of aliphatic hydroxyl groups is 1. The van der Waals surface area contributed by atoms with Gasteiger partial charge < -0.3 is 33.8 Å². The minimum Gasteiger partial charge on any atom is -0.462 e. The van der Waals surface area contributed by atoms with E-state index in [4.69, 9.17) is 37.0 Å². The van der Waals surface area contributed by atoms with Gasteiger partial charge in [-0.2, -0.15) is 0 Å². The standard InChI is InChI=1S/C73H142O17P2/c1-5-9-13-17-21-25-29-32-33-36-40-44-48-52-56-60-73(78)90-69(64-84-71(76)58-54-50-46-42-38-34-30-26-22-18-14-10-6-2)66-88-92(81,82)86-62-67(74)61-85-91(79,80)87-65-68(63-83-70(75)57-53-49-45-41-37-28-24-20-16-12-8-4)89-72(77)59-55-51-47-43-39-35-31-27-23-19-15-11-7-3/h67-69,74H,5-66H2,1-4H3,(H,79,80)(H,81,82)/t67-,68+,69+/m0/s1. The highest BCUT2D eigenvalue weighted by Crippen LogP contribution is 2.45. The van der Waals surface area contributed by atoms with Gasteiger partial charge in [0.1, 0.15) is 19.3 Å². The van der Waals surface area contributed by atoms with Crippen molar-refractivity contribution in [3.8, 4) is 0 Å². The second-order valence-electron chi connectivity index (χ2n) is 26.3. The summed E-state index contributed by atoms with van der Waals surface area (Å²) in [6.45, 7) is 4.98. The van der Waals surface area contributed by atoms with Gasteiger partial charge in [-0.15, -0.1) is 0 Å². The first-order valence-corrected chi connectivity index (χ1v) is 41.3. The maximum absolute atomic E-state index is 13.1. The molecule has 0 amide bonds. The molecule has 0 bridgehead atoms. The molecule has 0 aromatic carbocycles. The number of esters is 4. The largest absolute Gasteiger partial charge is 0.472 e. The van der Waals surface area contributed by atoms with Crippen LogP contribution in [0.4, 0.5) is 0 Å². The van der Waals surface area contributed by atoms with E-state index < -0.39 is 97.5 Å². The minimum atomic E-state index is -4.95. The molecule has 19 heteroatoms. The third kappa shape index (κ3) is 66.7. The smallest absolute Gasteiger partial charge is 0.462 e. The van der Waals surface area contributed by atoms with Crippen molar-refractivity contribution in [2.75, 3.05) is 39.6 Å². The van der Waals surface area contributed by atoms with Crippen LogP contribution in [0.2, 0.25) is 0 Å². The van der Waals surface area contributed by atoms with E-state index in [2.05, 4.69) is 27.7 Å². The topological polar surface area (TPSA) is 237 Å². The van der Waals surface area contributed by atoms with Crippen molar-refractivity contribution in [3.63, 3.8) is 0 Å². The van der Waals surface area contributed by atoms with Crippen molar-refractivity contribution in [2.24, 2.45) is 0 Å². The summed E-state index contributed by atoms with van der Waals surface area (Å²) in [5.41, 5.74) is 0. The summed E-state index contributed by atoms with van der Waals surface area (Å²) in [5, 5.41) is 10.6. The van der Waals surface area contributed by atoms with Crippen molar-refractivity contribution in [3.05, 3.63) is 0 Å². The molecule has 0 aliphatic rings. The summed E-state index contributed by atoms with van der Waals surface area (Å²) < 4.78 is 68.4. The van der Waals surface area contributed by atoms with E-state index in [-0.39, 0.29) is 25.7 Å². The molecule has 0 radical (unpaired) electrons. The van der Waals surface area contributed by atoms with Gasteiger partial charge in [-0.3, -0.25) is 37.3 Å². The number of aliphatic hydroxyl groups excluding tert-OH is 1. The number of hydrogen-bond donors (Lipinski definition) is 3. The summed E-state index contributed by atoms with van der Waals surface area (Å²) in [6.07, 6.45) is 56.6. The average molecular weight is 1350 g/mol. The molecule has 17 nitrogen and oxygen atoms in total. The van der Waals surface area contributed by atoms with E-state index >= 15 is 0 Å². The fraction of sp³-hybridized carbons (Fsp3) is 0.945. The molecule has 0 spiro atoms. The van der Waals surface area contributed by atoms with Crippen LogP contribution in [0.3, 0.4) is 0 Å². The Kier molecular flexibility index (Phi) is 66.2. The average Bonchev–Trinajstić information content (AvgIpc) is 3.01. The van der Waals surface area contributed by atoms with Gasteiger partial charge in [-0.25, -0.2) is 9.13 Å². The number of unbranched alkanes of at least 4 members (excludes halogenated alkanes) is 48. The quantitative estimate of drug-likeness (QED) is 0.0222. The van der Waals surface area contributed by atoms with E-state index in [0.29, 0.717) is 25.7 Å². The lowest BCUT2D eigenvalue weighted by Gasteiger charge is -2.21. The molecular weight excluding hydrogens is 1210 g/mol. The lowest BCUT2D eigenvalue weighted by Crippen LogP contribution is -2.30. The van der Waals surface area contributed by atoms with Crippen molar-refractivity contribution in [1.82, 2.24) is 0 Å². The zero-order chi connectivity index (χ0) is 67.5. The van der Waals surface area contributed by atoms with Gasteiger partial charge in [0.25, 0.3) is 0 Å². The molecule has 2 unspecified atom stereocenters. The highest BCUT2D eigenvalue weighted by molar-refractivity contribution is 7.47. The van der Waals surface area contributed by atoms with E-state index in [1.807, 2.05) is 0 Å². The summed E-state index contributed by atoms with van der Waals surface area (Å²) in [6, 6.07) is 0. The predicted octanol–water partition coefficient (Wildman–Crippen LogP) is 21.4. The molecule has 0 aromatic rings. The number of carbonyl (C=O) groups is 4. The lowest BCUT2D eigenvalue weighted by molar-refractivity contribution is -0.161. The molecule has 0 aliphatic heterocycles. The maximum Gasteiger partial charge on any atom is 0.472 e. The Morgan fingerprint density at radius 1 is 0.261 bits per heavy atom.